The lowest BCUT2D eigenvalue weighted by atomic mass is 10.0. The molecule has 0 aromatic carbocycles. The number of thioether (sulfide) groups is 1. The lowest BCUT2D eigenvalue weighted by Crippen LogP contribution is -2.30. The molecule has 1 saturated carbocycles. The lowest BCUT2D eigenvalue weighted by Gasteiger charge is -2.23. The van der Waals surface area contributed by atoms with Crippen molar-refractivity contribution in [3.8, 4) is 0 Å². The zero-order valence-electron chi connectivity index (χ0n) is 12.3. The SMILES string of the molecule is CCc1ccc(CC(CSC2CCCCC2)NC)s1. The summed E-state index contributed by atoms with van der Waals surface area (Å²) < 4.78 is 0. The van der Waals surface area contributed by atoms with E-state index < -0.39 is 0 Å². The highest BCUT2D eigenvalue weighted by molar-refractivity contribution is 7.99. The first-order valence-corrected chi connectivity index (χ1v) is 9.54. The number of hydrogen-bond acceptors (Lipinski definition) is 3. The van der Waals surface area contributed by atoms with Gasteiger partial charge in [-0.05, 0) is 44.9 Å². The molecule has 1 nitrogen and oxygen atoms in total. The van der Waals surface area contributed by atoms with E-state index in [1.807, 2.05) is 11.3 Å². The molecule has 3 heteroatoms. The van der Waals surface area contributed by atoms with Gasteiger partial charge in [0.1, 0.15) is 0 Å². The maximum Gasteiger partial charge on any atom is 0.0203 e. The molecule has 1 heterocycles. The van der Waals surface area contributed by atoms with Gasteiger partial charge >= 0.3 is 0 Å². The van der Waals surface area contributed by atoms with Crippen LogP contribution in [0.1, 0.15) is 48.8 Å². The average Bonchev–Trinajstić information content (AvgIpc) is 2.92. The van der Waals surface area contributed by atoms with Crippen molar-refractivity contribution < 1.29 is 0 Å². The first kappa shape index (κ1) is 15.4. The van der Waals surface area contributed by atoms with Gasteiger partial charge in [-0.2, -0.15) is 11.8 Å². The molecule has 1 fully saturated rings. The Kier molecular flexibility index (Phi) is 6.75. The fourth-order valence-electron chi connectivity index (χ4n) is 2.69. The third kappa shape index (κ3) is 5.13. The molecule has 108 valence electrons. The zero-order valence-corrected chi connectivity index (χ0v) is 13.9. The predicted octanol–water partition coefficient (Wildman–Crippen LogP) is 4.51. The van der Waals surface area contributed by atoms with E-state index in [0.29, 0.717) is 6.04 Å². The summed E-state index contributed by atoms with van der Waals surface area (Å²) in [5, 5.41) is 4.43. The highest BCUT2D eigenvalue weighted by Gasteiger charge is 2.16. The van der Waals surface area contributed by atoms with Gasteiger partial charge in [-0.25, -0.2) is 0 Å². The monoisotopic (exact) mass is 297 g/mol. The van der Waals surface area contributed by atoms with E-state index in [1.54, 1.807) is 4.88 Å². The summed E-state index contributed by atoms with van der Waals surface area (Å²) in [5.74, 6) is 1.26. The number of nitrogens with one attached hydrogen (secondary N) is 1. The molecule has 1 aliphatic carbocycles. The van der Waals surface area contributed by atoms with Gasteiger partial charge in [-0.1, -0.05) is 26.2 Å². The van der Waals surface area contributed by atoms with Crippen molar-refractivity contribution >= 4 is 23.1 Å². The molecule has 0 bridgehead atoms. The Morgan fingerprint density at radius 1 is 1.26 bits per heavy atom. The van der Waals surface area contributed by atoms with Gasteiger partial charge < -0.3 is 5.32 Å². The van der Waals surface area contributed by atoms with E-state index in [-0.39, 0.29) is 0 Å². The Morgan fingerprint density at radius 3 is 2.63 bits per heavy atom. The van der Waals surface area contributed by atoms with E-state index >= 15 is 0 Å². The van der Waals surface area contributed by atoms with Crippen molar-refractivity contribution in [1.29, 1.82) is 0 Å². The Morgan fingerprint density at radius 2 is 2.00 bits per heavy atom. The van der Waals surface area contributed by atoms with Crippen LogP contribution < -0.4 is 5.32 Å². The maximum atomic E-state index is 3.50. The first-order valence-electron chi connectivity index (χ1n) is 7.68. The normalized spacial score (nSPS) is 18.6. The van der Waals surface area contributed by atoms with Gasteiger partial charge in [0, 0.05) is 26.8 Å². The first-order chi connectivity index (χ1) is 9.31. The number of aryl methyl sites for hydroxylation is 1. The van der Waals surface area contributed by atoms with Crippen molar-refractivity contribution in [2.45, 2.75) is 63.2 Å². The molecule has 0 saturated heterocycles. The molecule has 0 spiro atoms. The van der Waals surface area contributed by atoms with Crippen LogP contribution in [0.2, 0.25) is 0 Å². The summed E-state index contributed by atoms with van der Waals surface area (Å²) in [4.78, 5) is 3.06. The number of thiophene rings is 1. The predicted molar refractivity (Wildman–Crippen MR) is 89.6 cm³/mol. The topological polar surface area (TPSA) is 12.0 Å². The summed E-state index contributed by atoms with van der Waals surface area (Å²) in [7, 11) is 2.11. The molecule has 0 amide bonds. The minimum atomic E-state index is 0.635. The molecule has 1 aromatic heterocycles. The molecule has 1 atom stereocenters. The second-order valence-corrected chi connectivity index (χ2v) is 8.09. The molecule has 1 aliphatic rings. The summed E-state index contributed by atoms with van der Waals surface area (Å²) in [5.41, 5.74) is 0. The molecule has 1 N–H and O–H groups in total. The summed E-state index contributed by atoms with van der Waals surface area (Å²) >= 11 is 4.19. The quantitative estimate of drug-likeness (QED) is 0.795. The Labute approximate surface area is 126 Å². The van der Waals surface area contributed by atoms with Gasteiger partial charge in [0.15, 0.2) is 0 Å². The second kappa shape index (κ2) is 8.33. The number of rotatable bonds is 7. The third-order valence-electron chi connectivity index (χ3n) is 4.01. The van der Waals surface area contributed by atoms with Crippen LogP contribution in [-0.4, -0.2) is 24.1 Å². The van der Waals surface area contributed by atoms with E-state index in [0.717, 1.165) is 5.25 Å². The summed E-state index contributed by atoms with van der Waals surface area (Å²) in [6.07, 6.45) is 9.62. The van der Waals surface area contributed by atoms with Crippen molar-refractivity contribution in [3.63, 3.8) is 0 Å². The van der Waals surface area contributed by atoms with Gasteiger partial charge in [-0.15, -0.1) is 11.3 Å². The van der Waals surface area contributed by atoms with Crippen molar-refractivity contribution in [2.75, 3.05) is 12.8 Å². The molecule has 0 aliphatic heterocycles. The van der Waals surface area contributed by atoms with Crippen LogP contribution in [0.4, 0.5) is 0 Å². The summed E-state index contributed by atoms with van der Waals surface area (Å²) in [6.45, 7) is 2.24. The third-order valence-corrected chi connectivity index (χ3v) is 6.80. The van der Waals surface area contributed by atoms with E-state index in [4.69, 9.17) is 0 Å². The minimum absolute atomic E-state index is 0.635. The molecule has 1 unspecified atom stereocenters. The maximum absolute atomic E-state index is 3.50. The van der Waals surface area contributed by atoms with Crippen LogP contribution in [0.5, 0.6) is 0 Å². The van der Waals surface area contributed by atoms with Crippen LogP contribution in [0.15, 0.2) is 12.1 Å². The van der Waals surface area contributed by atoms with Crippen molar-refractivity contribution in [2.24, 2.45) is 0 Å². The van der Waals surface area contributed by atoms with Crippen LogP contribution >= 0.6 is 23.1 Å². The molecule has 1 aromatic rings. The number of likely N-dealkylation sites (N-methyl/N-ethyl adjacent to an activating group) is 1. The smallest absolute Gasteiger partial charge is 0.0203 e. The van der Waals surface area contributed by atoms with Crippen LogP contribution in [0.25, 0.3) is 0 Å². The zero-order chi connectivity index (χ0) is 13.5. The molecule has 2 rings (SSSR count). The molecule has 0 radical (unpaired) electrons. The lowest BCUT2D eigenvalue weighted by molar-refractivity contribution is 0.514. The standard InChI is InChI=1S/C16H27NS2/c1-3-14-9-10-16(19-14)11-13(17-2)12-18-15-7-5-4-6-8-15/h9-10,13,15,17H,3-8,11-12H2,1-2H3. The second-order valence-electron chi connectivity index (χ2n) is 5.50. The van der Waals surface area contributed by atoms with E-state index in [2.05, 4.69) is 43.2 Å². The minimum Gasteiger partial charge on any atom is -0.316 e. The fourth-order valence-corrected chi connectivity index (χ4v) is 5.19. The van der Waals surface area contributed by atoms with Crippen LogP contribution in [-0.2, 0) is 12.8 Å². The van der Waals surface area contributed by atoms with Crippen LogP contribution in [0, 0.1) is 0 Å². The van der Waals surface area contributed by atoms with Gasteiger partial charge in [0.2, 0.25) is 0 Å². The largest absolute Gasteiger partial charge is 0.316 e. The van der Waals surface area contributed by atoms with Crippen molar-refractivity contribution in [3.05, 3.63) is 21.9 Å². The Hall–Kier alpha value is 0.01000. The Balaban J connectivity index is 1.75. The molecular formula is C16H27NS2. The fraction of sp³-hybridized carbons (Fsp3) is 0.750. The molecule has 19 heavy (non-hydrogen) atoms. The average molecular weight is 298 g/mol. The van der Waals surface area contributed by atoms with E-state index in [9.17, 15) is 0 Å². The van der Waals surface area contributed by atoms with Crippen LogP contribution in [0.3, 0.4) is 0 Å². The Bertz CT molecular complexity index is 355. The van der Waals surface area contributed by atoms with Crippen molar-refractivity contribution in [1.82, 2.24) is 5.32 Å². The highest BCUT2D eigenvalue weighted by atomic mass is 32.2. The number of hydrogen-bond donors (Lipinski definition) is 1. The summed E-state index contributed by atoms with van der Waals surface area (Å²) in [6, 6.07) is 5.25. The van der Waals surface area contributed by atoms with Gasteiger partial charge in [0.25, 0.3) is 0 Å². The van der Waals surface area contributed by atoms with E-state index in [1.165, 1.54) is 55.6 Å². The molecular weight excluding hydrogens is 270 g/mol. The highest BCUT2D eigenvalue weighted by Crippen LogP contribution is 2.29. The van der Waals surface area contributed by atoms with Gasteiger partial charge in [0.05, 0.1) is 0 Å². The van der Waals surface area contributed by atoms with Gasteiger partial charge in [-0.3, -0.25) is 0 Å².